The van der Waals surface area contributed by atoms with Crippen LogP contribution in [0.2, 0.25) is 0 Å². The average molecular weight is 423 g/mol. The van der Waals surface area contributed by atoms with Gasteiger partial charge in [0, 0.05) is 31.4 Å². The highest BCUT2D eigenvalue weighted by Gasteiger charge is 2.32. The number of carbonyl (C=O) groups excluding carboxylic acids is 1. The molecule has 7 nitrogen and oxygen atoms in total. The molecule has 10 heteroatoms. The van der Waals surface area contributed by atoms with Crippen LogP contribution in [0, 0.1) is 0 Å². The number of nitrogens with one attached hydrogen (secondary N) is 1. The van der Waals surface area contributed by atoms with E-state index in [9.17, 15) is 22.8 Å². The van der Waals surface area contributed by atoms with Crippen LogP contribution in [0.5, 0.6) is 0 Å². The number of anilines is 1. The number of pyridine rings is 1. The summed E-state index contributed by atoms with van der Waals surface area (Å²) in [6.07, 6.45) is -0.833. The highest BCUT2D eigenvalue weighted by Crippen LogP contribution is 2.27. The number of hydrogen-bond donors (Lipinski definition) is 1. The van der Waals surface area contributed by atoms with Crippen LogP contribution >= 0.6 is 0 Å². The summed E-state index contributed by atoms with van der Waals surface area (Å²) in [7, 11) is 0. The predicted molar refractivity (Wildman–Crippen MR) is 105 cm³/mol. The van der Waals surface area contributed by atoms with Crippen LogP contribution in [0.1, 0.15) is 55.2 Å². The van der Waals surface area contributed by atoms with Crippen LogP contribution in [0.15, 0.2) is 35.3 Å². The molecule has 1 aliphatic rings. The fourth-order valence-electron chi connectivity index (χ4n) is 3.46. The monoisotopic (exact) mass is 423 g/mol. The van der Waals surface area contributed by atoms with Crippen LogP contribution in [-0.2, 0) is 6.18 Å². The van der Waals surface area contributed by atoms with Crippen LogP contribution in [0.4, 0.5) is 19.0 Å². The molecular formula is C20H24F3N5O2. The third kappa shape index (κ3) is 4.98. The largest absolute Gasteiger partial charge is 0.433 e. The second-order valence-corrected chi connectivity index (χ2v) is 7.55. The highest BCUT2D eigenvalue weighted by molar-refractivity contribution is 5.93. The molecule has 2 aromatic rings. The Morgan fingerprint density at radius 3 is 2.63 bits per heavy atom. The van der Waals surface area contributed by atoms with Gasteiger partial charge in [0.15, 0.2) is 0 Å². The van der Waals surface area contributed by atoms with E-state index < -0.39 is 17.8 Å². The van der Waals surface area contributed by atoms with Gasteiger partial charge in [-0.1, -0.05) is 0 Å². The quantitative estimate of drug-likeness (QED) is 0.800. The van der Waals surface area contributed by atoms with E-state index in [1.54, 1.807) is 6.07 Å². The van der Waals surface area contributed by atoms with Gasteiger partial charge in [-0.05, 0) is 51.3 Å². The zero-order chi connectivity index (χ0) is 21.9. The van der Waals surface area contributed by atoms with E-state index in [0.717, 1.165) is 44.1 Å². The van der Waals surface area contributed by atoms with Crippen LogP contribution < -0.4 is 15.8 Å². The van der Waals surface area contributed by atoms with Crippen molar-refractivity contribution < 1.29 is 18.0 Å². The van der Waals surface area contributed by atoms with Crippen molar-refractivity contribution in [2.75, 3.05) is 18.0 Å². The predicted octanol–water partition coefficient (Wildman–Crippen LogP) is 3.03. The molecule has 0 aliphatic carbocycles. The molecule has 30 heavy (non-hydrogen) atoms. The lowest BCUT2D eigenvalue weighted by molar-refractivity contribution is -0.141. The van der Waals surface area contributed by atoms with Gasteiger partial charge < -0.3 is 10.2 Å². The fourth-order valence-corrected chi connectivity index (χ4v) is 3.46. The average Bonchev–Trinajstić information content (AvgIpc) is 2.72. The minimum atomic E-state index is -4.54. The number of hydrogen-bond acceptors (Lipinski definition) is 5. The Labute approximate surface area is 171 Å². The number of carbonyl (C=O) groups is 1. The first-order valence-electron chi connectivity index (χ1n) is 9.85. The summed E-state index contributed by atoms with van der Waals surface area (Å²) in [4.78, 5) is 29.7. The van der Waals surface area contributed by atoms with E-state index in [0.29, 0.717) is 12.4 Å². The molecule has 0 aromatic carbocycles. The van der Waals surface area contributed by atoms with E-state index in [4.69, 9.17) is 0 Å². The molecular weight excluding hydrogens is 399 g/mol. The lowest BCUT2D eigenvalue weighted by atomic mass is 10.0. The van der Waals surface area contributed by atoms with E-state index in [1.165, 1.54) is 10.7 Å². The summed E-state index contributed by atoms with van der Waals surface area (Å²) in [5, 5.41) is 7.24. The number of amides is 1. The van der Waals surface area contributed by atoms with Crippen molar-refractivity contribution in [3.05, 3.63) is 52.1 Å². The molecule has 1 atom stereocenters. The summed E-state index contributed by atoms with van der Waals surface area (Å²) >= 11 is 0. The Morgan fingerprint density at radius 1 is 1.23 bits per heavy atom. The maximum Gasteiger partial charge on any atom is 0.433 e. The minimum Gasteiger partial charge on any atom is -0.350 e. The zero-order valence-electron chi connectivity index (χ0n) is 16.8. The summed E-state index contributed by atoms with van der Waals surface area (Å²) < 4.78 is 39.3. The molecule has 1 fully saturated rings. The number of halogens is 3. The summed E-state index contributed by atoms with van der Waals surface area (Å²) in [6, 6.07) is 4.97. The highest BCUT2D eigenvalue weighted by atomic mass is 19.4. The normalized spacial score (nSPS) is 17.3. The van der Waals surface area contributed by atoms with E-state index in [2.05, 4.69) is 20.3 Å². The third-order valence-electron chi connectivity index (χ3n) is 5.04. The molecule has 1 saturated heterocycles. The van der Waals surface area contributed by atoms with Crippen molar-refractivity contribution in [3.63, 3.8) is 0 Å². The van der Waals surface area contributed by atoms with Crippen LogP contribution in [0.3, 0.4) is 0 Å². The second kappa shape index (κ2) is 8.85. The molecule has 0 bridgehead atoms. The smallest absolute Gasteiger partial charge is 0.350 e. The maximum absolute atomic E-state index is 12.6. The number of aromatic nitrogens is 3. The van der Waals surface area contributed by atoms with Gasteiger partial charge in [0.25, 0.3) is 11.5 Å². The fraction of sp³-hybridized carbons (Fsp3) is 0.500. The molecule has 3 heterocycles. The lowest BCUT2D eigenvalue weighted by Gasteiger charge is -2.37. The van der Waals surface area contributed by atoms with Crippen molar-refractivity contribution in [1.29, 1.82) is 0 Å². The Morgan fingerprint density at radius 2 is 2.00 bits per heavy atom. The van der Waals surface area contributed by atoms with E-state index in [1.807, 2.05) is 13.8 Å². The Hall–Kier alpha value is -2.91. The first-order valence-corrected chi connectivity index (χ1v) is 9.85. The first-order chi connectivity index (χ1) is 14.2. The summed E-state index contributed by atoms with van der Waals surface area (Å²) in [5.74, 6) is 0.181. The van der Waals surface area contributed by atoms with Crippen molar-refractivity contribution in [2.24, 2.45) is 0 Å². The van der Waals surface area contributed by atoms with Crippen LogP contribution in [0.25, 0.3) is 0 Å². The molecule has 0 spiro atoms. The molecule has 2 aromatic heterocycles. The number of piperidine rings is 1. The Kier molecular flexibility index (Phi) is 6.42. The number of rotatable bonds is 5. The van der Waals surface area contributed by atoms with Gasteiger partial charge >= 0.3 is 6.18 Å². The molecule has 1 N–H and O–H groups in total. The van der Waals surface area contributed by atoms with E-state index in [-0.39, 0.29) is 23.2 Å². The molecule has 0 saturated carbocycles. The summed E-state index contributed by atoms with van der Waals surface area (Å²) in [6.45, 7) is 4.81. The standard InChI is InChI=1S/C20H24F3N5O2/c1-13(2)28-18(29)9-8-17(26-28)27-10-4-3-5-15(27)12-25-19(30)14-6-7-16(24-11-14)20(21,22)23/h6-9,11,13,15H,3-5,10,12H2,1-2H3,(H,25,30). The van der Waals surface area contributed by atoms with Gasteiger partial charge in [0.2, 0.25) is 0 Å². The Balaban J connectivity index is 1.69. The SMILES string of the molecule is CC(C)n1nc(N2CCCCC2CNC(=O)c2ccc(C(F)(F)F)nc2)ccc1=O. The third-order valence-corrected chi connectivity index (χ3v) is 5.04. The Bertz CT molecular complexity index is 941. The summed E-state index contributed by atoms with van der Waals surface area (Å²) in [5.41, 5.74) is -1.15. The molecule has 1 unspecified atom stereocenters. The van der Waals surface area contributed by atoms with Crippen molar-refractivity contribution in [3.8, 4) is 0 Å². The minimum absolute atomic E-state index is 0.0317. The van der Waals surface area contributed by atoms with Crippen molar-refractivity contribution in [1.82, 2.24) is 20.1 Å². The van der Waals surface area contributed by atoms with Gasteiger partial charge in [0.05, 0.1) is 11.6 Å². The first kappa shape index (κ1) is 21.8. The number of alkyl halides is 3. The zero-order valence-corrected chi connectivity index (χ0v) is 16.8. The molecule has 162 valence electrons. The molecule has 1 amide bonds. The van der Waals surface area contributed by atoms with Crippen molar-refractivity contribution in [2.45, 2.75) is 51.4 Å². The van der Waals surface area contributed by atoms with Gasteiger partial charge in [-0.15, -0.1) is 0 Å². The topological polar surface area (TPSA) is 80.1 Å². The number of nitrogens with zero attached hydrogens (tertiary/aromatic N) is 4. The van der Waals surface area contributed by atoms with Gasteiger partial charge in [-0.3, -0.25) is 14.6 Å². The van der Waals surface area contributed by atoms with E-state index >= 15 is 0 Å². The van der Waals surface area contributed by atoms with Crippen molar-refractivity contribution >= 4 is 11.7 Å². The van der Waals surface area contributed by atoms with Gasteiger partial charge in [0.1, 0.15) is 11.5 Å². The molecule has 0 radical (unpaired) electrons. The second-order valence-electron chi connectivity index (χ2n) is 7.55. The van der Waals surface area contributed by atoms with Gasteiger partial charge in [-0.25, -0.2) is 4.68 Å². The lowest BCUT2D eigenvalue weighted by Crippen LogP contribution is -2.47. The van der Waals surface area contributed by atoms with Gasteiger partial charge in [-0.2, -0.15) is 18.3 Å². The molecule has 1 aliphatic heterocycles. The molecule has 3 rings (SSSR count). The maximum atomic E-state index is 12.6. The van der Waals surface area contributed by atoms with Crippen LogP contribution in [-0.4, -0.2) is 39.8 Å².